The number of hydrogen-bond acceptors (Lipinski definition) is 19. The first-order chi connectivity index (χ1) is 39.7. The van der Waals surface area contributed by atoms with Gasteiger partial charge in [-0.15, -0.1) is 0 Å². The lowest BCUT2D eigenvalue weighted by Gasteiger charge is -2.39. The van der Waals surface area contributed by atoms with Gasteiger partial charge in [-0.3, -0.25) is 28.8 Å². The van der Waals surface area contributed by atoms with Crippen LogP contribution in [0.5, 0.6) is 17.2 Å². The van der Waals surface area contributed by atoms with Gasteiger partial charge in [0.15, 0.2) is 11.6 Å². The first-order valence-corrected chi connectivity index (χ1v) is 28.8. The second-order valence-electron chi connectivity index (χ2n) is 23.7. The summed E-state index contributed by atoms with van der Waals surface area (Å²) >= 11 is 0. The number of benzene rings is 2. The number of aliphatic hydroxyl groups excluding tert-OH is 2. The molecule has 11 atom stereocenters. The lowest BCUT2D eigenvalue weighted by molar-refractivity contribution is -0.160. The molecular formula is C61H77FN6O16. The first-order valence-electron chi connectivity index (χ1n) is 28.8. The predicted octanol–water partition coefficient (Wildman–Crippen LogP) is 4.99. The second-order valence-corrected chi connectivity index (χ2v) is 23.7. The number of ether oxygens (including phenoxy) is 5. The number of phenolic OH excluding ortho intramolecular Hbond substituents is 1. The zero-order valence-electron chi connectivity index (χ0n) is 49.1. The number of pyridine rings is 1. The summed E-state index contributed by atoms with van der Waals surface area (Å²) < 4.78 is 47.9. The van der Waals surface area contributed by atoms with Gasteiger partial charge in [0.1, 0.15) is 40.2 Å². The van der Waals surface area contributed by atoms with Crippen LogP contribution in [0.4, 0.5) is 10.1 Å². The molecule has 23 heteroatoms. The number of carbonyl (C=O) groups excluding carboxylic acids is 5. The maximum Gasteiger partial charge on any atom is 0.341 e. The molecule has 10 rings (SSSR count). The number of nitrogens with zero attached hydrogens (tertiary/aromatic N) is 3. The zero-order chi connectivity index (χ0) is 61.1. The Balaban J connectivity index is 0.994. The largest absolute Gasteiger partial charge is 0.507 e. The van der Waals surface area contributed by atoms with Crippen molar-refractivity contribution in [1.82, 2.24) is 20.1 Å². The van der Waals surface area contributed by atoms with Gasteiger partial charge in [-0.1, -0.05) is 39.0 Å². The van der Waals surface area contributed by atoms with Crippen LogP contribution >= 0.6 is 0 Å². The summed E-state index contributed by atoms with van der Waals surface area (Å²) in [6.45, 7) is 13.6. The smallest absolute Gasteiger partial charge is 0.341 e. The molecule has 1 saturated carbocycles. The number of aromatic hydroxyl groups is 1. The third-order valence-corrected chi connectivity index (χ3v) is 18.1. The van der Waals surface area contributed by atoms with E-state index in [0.717, 1.165) is 18.9 Å². The van der Waals surface area contributed by atoms with E-state index in [1.54, 1.807) is 36.3 Å². The van der Waals surface area contributed by atoms with Gasteiger partial charge in [0.05, 0.1) is 65.7 Å². The number of piperidine rings is 1. The fraction of sp³-hybridized carbons (Fsp3) is 0.557. The van der Waals surface area contributed by atoms with Crippen molar-refractivity contribution in [2.45, 2.75) is 148 Å². The number of anilines is 1. The predicted molar refractivity (Wildman–Crippen MR) is 305 cm³/mol. The van der Waals surface area contributed by atoms with Crippen molar-refractivity contribution in [2.24, 2.45) is 29.4 Å². The molecule has 5 bridgehead atoms. The van der Waals surface area contributed by atoms with Crippen molar-refractivity contribution in [2.75, 3.05) is 51.9 Å². The van der Waals surface area contributed by atoms with Crippen molar-refractivity contribution >= 4 is 51.8 Å². The third-order valence-electron chi connectivity index (χ3n) is 18.1. The zero-order valence-corrected chi connectivity index (χ0v) is 49.1. The van der Waals surface area contributed by atoms with Crippen LogP contribution in [-0.4, -0.2) is 160 Å². The van der Waals surface area contributed by atoms with Crippen LogP contribution in [0.2, 0.25) is 0 Å². The molecule has 1 amide bonds. The summed E-state index contributed by atoms with van der Waals surface area (Å²) in [5.74, 6) is -11.0. The Morgan fingerprint density at radius 2 is 1.61 bits per heavy atom. The Morgan fingerprint density at radius 1 is 0.929 bits per heavy atom. The number of nitrogens with one attached hydrogen (secondary N) is 2. The molecule has 84 heavy (non-hydrogen) atoms. The van der Waals surface area contributed by atoms with Gasteiger partial charge in [-0.2, -0.15) is 0 Å². The lowest BCUT2D eigenvalue weighted by Crippen LogP contribution is -2.55. The fourth-order valence-electron chi connectivity index (χ4n) is 12.9. The number of rotatable bonds is 10. The van der Waals surface area contributed by atoms with Crippen LogP contribution in [0.15, 0.2) is 52.3 Å². The van der Waals surface area contributed by atoms with Gasteiger partial charge in [0.2, 0.25) is 22.8 Å². The molecule has 0 radical (unpaired) electrons. The monoisotopic (exact) mass is 1170 g/mol. The fourth-order valence-corrected chi connectivity index (χ4v) is 12.9. The van der Waals surface area contributed by atoms with Crippen molar-refractivity contribution in [3.05, 3.63) is 91.3 Å². The van der Waals surface area contributed by atoms with Crippen LogP contribution in [0.3, 0.4) is 0 Å². The Bertz CT molecular complexity index is 3340. The number of allylic oxidation sites excluding steroid dienone is 4. The highest BCUT2D eigenvalue weighted by atomic mass is 19.1. The molecule has 6 heterocycles. The quantitative estimate of drug-likeness (QED) is 0.132. The van der Waals surface area contributed by atoms with Gasteiger partial charge >= 0.3 is 11.9 Å². The number of esters is 1. The third kappa shape index (κ3) is 11.3. The van der Waals surface area contributed by atoms with E-state index < -0.39 is 129 Å². The molecule has 1 aromatic heterocycles. The van der Waals surface area contributed by atoms with E-state index in [1.165, 1.54) is 60.3 Å². The molecule has 2 saturated heterocycles. The summed E-state index contributed by atoms with van der Waals surface area (Å²) in [5.41, 5.74) is 4.23. The number of hydrogen-bond donors (Lipinski definition) is 7. The van der Waals surface area contributed by atoms with E-state index in [0.29, 0.717) is 37.9 Å². The molecule has 8 N–H and O–H groups in total. The minimum Gasteiger partial charge on any atom is -0.507 e. The van der Waals surface area contributed by atoms with E-state index >= 15 is 14.0 Å². The maximum atomic E-state index is 16.3. The summed E-state index contributed by atoms with van der Waals surface area (Å²) in [4.78, 5) is 101. The van der Waals surface area contributed by atoms with Crippen LogP contribution in [0.25, 0.3) is 10.9 Å². The van der Waals surface area contributed by atoms with Crippen LogP contribution < -0.4 is 36.2 Å². The van der Waals surface area contributed by atoms with Gasteiger partial charge in [0, 0.05) is 100 Å². The number of ketones is 3. The molecule has 0 spiro atoms. The number of phenols is 1. The topological polar surface area (TPSA) is 308 Å². The molecule has 454 valence electrons. The number of carbonyl (C=O) groups is 6. The van der Waals surface area contributed by atoms with Gasteiger partial charge < -0.3 is 74.8 Å². The number of aliphatic hydroxyl groups is 2. The van der Waals surface area contributed by atoms with E-state index in [2.05, 4.69) is 10.6 Å². The van der Waals surface area contributed by atoms with Gasteiger partial charge in [0.25, 0.3) is 11.7 Å². The van der Waals surface area contributed by atoms with Crippen LogP contribution in [0, 0.1) is 36.4 Å². The maximum absolute atomic E-state index is 16.3. The number of methoxy groups -OCH3 is 2. The standard InChI is InChI=1S/C61H77FN6O16/c1-27-12-11-13-28(2)59(77)65-45-48(66-21-17-35(18-22-66)64-32(6)34-16-20-67(25-34)47-39(62)24-37-46(57(47)81-10)68(36-14-15-36)26-38(52(37)73)60(78)79)54(75)41-42(53(45)74)50(71)31(5)55-43(41)58(76)61(8,84-55)82-23-19-40(80-9)29(3)56(83-33(7)69)44(63)51(72)30(4)49(27)70/h11-13,24,26-27,29-30,32,34-36,40,44,49,51,56,64,70-72H,14-23,25,63H2,1-10H3,(H,65,77)(H,78,79)/b12-11+,28-13-/t27-,29+,30+,32?,34?,40-,44+,49-,51+,56+,61-/m0/s1. The average Bonchev–Trinajstić information content (AvgIpc) is 1.47. The molecule has 22 nitrogen and oxygen atoms in total. The van der Waals surface area contributed by atoms with Crippen molar-refractivity contribution in [3.63, 3.8) is 0 Å². The summed E-state index contributed by atoms with van der Waals surface area (Å²) in [5, 5.41) is 51.1. The summed E-state index contributed by atoms with van der Waals surface area (Å²) in [6, 6.07) is -0.369. The minimum atomic E-state index is -2.09. The summed E-state index contributed by atoms with van der Waals surface area (Å²) in [6.07, 6.45) is 4.66. The number of aromatic carboxylic acids is 1. The first kappa shape index (κ1) is 61.5. The number of nitrogens with two attached hydrogens (primary N) is 1. The van der Waals surface area contributed by atoms with E-state index in [4.69, 9.17) is 29.4 Å². The molecule has 3 fully saturated rings. The molecule has 3 aromatic rings. The number of fused-ring (bicyclic) bond motifs is 16. The number of carboxylic acid groups (broad SMARTS) is 1. The Kier molecular flexibility index (Phi) is 17.7. The molecule has 5 aliphatic heterocycles. The molecular weight excluding hydrogens is 1090 g/mol. The highest BCUT2D eigenvalue weighted by Gasteiger charge is 2.53. The minimum absolute atomic E-state index is 0.0133. The highest BCUT2D eigenvalue weighted by molar-refractivity contribution is 6.32. The number of carboxylic acids is 1. The summed E-state index contributed by atoms with van der Waals surface area (Å²) in [7, 11) is 2.83. The van der Waals surface area contributed by atoms with Crippen molar-refractivity contribution < 1.29 is 77.3 Å². The molecule has 2 unspecified atom stereocenters. The van der Waals surface area contributed by atoms with Gasteiger partial charge in [-0.25, -0.2) is 9.18 Å². The van der Waals surface area contributed by atoms with E-state index in [1.807, 2.05) is 11.8 Å². The molecule has 2 aliphatic carbocycles. The molecule has 2 aromatic carbocycles. The Morgan fingerprint density at radius 3 is 2.24 bits per heavy atom. The highest BCUT2D eigenvalue weighted by Crippen LogP contribution is 2.50. The van der Waals surface area contributed by atoms with E-state index in [9.17, 15) is 44.4 Å². The van der Waals surface area contributed by atoms with Gasteiger partial charge in [-0.05, 0) is 71.3 Å². The van der Waals surface area contributed by atoms with Crippen molar-refractivity contribution in [3.8, 4) is 17.2 Å². The van der Waals surface area contributed by atoms with E-state index in [-0.39, 0.29) is 95.1 Å². The van der Waals surface area contributed by atoms with Crippen molar-refractivity contribution in [1.29, 1.82) is 0 Å². The lowest BCUT2D eigenvalue weighted by atomic mass is 9.81. The average molecular weight is 1170 g/mol. The number of Topliss-reactive ketones (excluding diaryl/α,β-unsaturated/α-hetero) is 3. The van der Waals surface area contributed by atoms with Crippen LogP contribution in [-0.2, 0) is 23.8 Å². The SMILES string of the molecule is COc1c(N2CCC(C(C)NC3CCN(C4=C5NC(=O)/C(C)=C\C=C\[C@H](C)[C@H](O)[C@@H](C)[C@@H](O)[C@@H](N)[C@H](OC(C)=O)[C@H](C)[C@@H](OC)CCO[C@@]6(C)Oc7c(C)c(O)c(c(c7C6=O)C4=O)C5=O)CC3)C2)c(F)cc2c(=O)c(C(=O)O)cn(C3CC3)c12. The number of amides is 1. The Hall–Kier alpha value is -7.02. The van der Waals surface area contributed by atoms with Crippen LogP contribution in [0.1, 0.15) is 140 Å². The second kappa shape index (κ2) is 24.2. The number of likely N-dealkylation sites (tertiary alicyclic amines) is 1. The Labute approximate surface area is 485 Å². The number of halogens is 1. The normalized spacial score (nSPS) is 29.8. The number of aromatic nitrogens is 1. The molecule has 7 aliphatic rings.